The molecule has 0 saturated carbocycles. The molecule has 1 aromatic heterocycles. The van der Waals surface area contributed by atoms with Gasteiger partial charge in [0.25, 0.3) is 0 Å². The summed E-state index contributed by atoms with van der Waals surface area (Å²) < 4.78 is 22.0. The fourth-order valence-electron chi connectivity index (χ4n) is 1.27. The van der Waals surface area contributed by atoms with Crippen LogP contribution in [0.5, 0.6) is 0 Å². The SMILES string of the molecule is Cc1ncc(CNC(C)CS(C)(=O)=O)s1. The van der Waals surface area contributed by atoms with Crippen LogP contribution in [0.4, 0.5) is 0 Å². The van der Waals surface area contributed by atoms with Crippen molar-refractivity contribution < 1.29 is 8.42 Å². The van der Waals surface area contributed by atoms with Gasteiger partial charge in [-0.05, 0) is 13.8 Å². The summed E-state index contributed by atoms with van der Waals surface area (Å²) >= 11 is 1.62. The summed E-state index contributed by atoms with van der Waals surface area (Å²) in [7, 11) is -2.90. The van der Waals surface area contributed by atoms with E-state index < -0.39 is 9.84 Å². The third kappa shape index (κ3) is 5.25. The lowest BCUT2D eigenvalue weighted by Gasteiger charge is -2.11. The Kier molecular flexibility index (Phi) is 4.24. The number of hydrogen-bond acceptors (Lipinski definition) is 5. The van der Waals surface area contributed by atoms with Crippen LogP contribution in [0.25, 0.3) is 0 Å². The molecule has 0 aliphatic carbocycles. The lowest BCUT2D eigenvalue weighted by molar-refractivity contribution is 0.562. The molecule has 0 aliphatic heterocycles. The smallest absolute Gasteiger partial charge is 0.148 e. The molecule has 1 rings (SSSR count). The van der Waals surface area contributed by atoms with Gasteiger partial charge in [-0.2, -0.15) is 0 Å². The first-order valence-electron chi connectivity index (χ1n) is 4.69. The van der Waals surface area contributed by atoms with Crippen molar-refractivity contribution in [2.75, 3.05) is 12.0 Å². The minimum atomic E-state index is -2.90. The van der Waals surface area contributed by atoms with Gasteiger partial charge in [0.05, 0.1) is 10.8 Å². The normalized spacial score (nSPS) is 14.1. The average molecular weight is 248 g/mol. The number of nitrogens with one attached hydrogen (secondary N) is 1. The molecule has 0 spiro atoms. The van der Waals surface area contributed by atoms with Crippen LogP contribution < -0.4 is 5.32 Å². The van der Waals surface area contributed by atoms with Crippen molar-refractivity contribution in [3.63, 3.8) is 0 Å². The maximum Gasteiger partial charge on any atom is 0.148 e. The van der Waals surface area contributed by atoms with Crippen LogP contribution in [0.1, 0.15) is 16.8 Å². The second kappa shape index (κ2) is 5.05. The summed E-state index contributed by atoms with van der Waals surface area (Å²) in [5, 5.41) is 4.19. The molecule has 15 heavy (non-hydrogen) atoms. The number of thiazole rings is 1. The van der Waals surface area contributed by atoms with Crippen LogP contribution in [0.15, 0.2) is 6.20 Å². The number of hydrogen-bond donors (Lipinski definition) is 1. The Labute approximate surface area is 94.7 Å². The first-order valence-corrected chi connectivity index (χ1v) is 7.57. The minimum Gasteiger partial charge on any atom is -0.308 e. The summed E-state index contributed by atoms with van der Waals surface area (Å²) in [5.74, 6) is 0.171. The molecule has 0 radical (unpaired) electrons. The summed E-state index contributed by atoms with van der Waals surface area (Å²) in [6.45, 7) is 4.51. The van der Waals surface area contributed by atoms with Gasteiger partial charge in [-0.25, -0.2) is 13.4 Å². The van der Waals surface area contributed by atoms with Gasteiger partial charge in [0, 0.05) is 29.9 Å². The minimum absolute atomic E-state index is 0.0255. The third-order valence-electron chi connectivity index (χ3n) is 1.85. The molecule has 1 N–H and O–H groups in total. The molecule has 1 heterocycles. The van der Waals surface area contributed by atoms with E-state index in [1.807, 2.05) is 20.0 Å². The highest BCUT2D eigenvalue weighted by atomic mass is 32.2. The van der Waals surface area contributed by atoms with Crippen molar-refractivity contribution in [3.8, 4) is 0 Å². The van der Waals surface area contributed by atoms with Gasteiger partial charge in [0.1, 0.15) is 9.84 Å². The van der Waals surface area contributed by atoms with E-state index in [1.54, 1.807) is 11.3 Å². The molecule has 0 amide bonds. The third-order valence-corrected chi connectivity index (χ3v) is 3.86. The van der Waals surface area contributed by atoms with Crippen molar-refractivity contribution >= 4 is 21.2 Å². The summed E-state index contributed by atoms with van der Waals surface area (Å²) in [5.41, 5.74) is 0. The molecule has 1 atom stereocenters. The van der Waals surface area contributed by atoms with Gasteiger partial charge in [0.2, 0.25) is 0 Å². The average Bonchev–Trinajstić information content (AvgIpc) is 2.45. The van der Waals surface area contributed by atoms with E-state index in [-0.39, 0.29) is 11.8 Å². The van der Waals surface area contributed by atoms with Gasteiger partial charge < -0.3 is 5.32 Å². The molecule has 0 fully saturated rings. The van der Waals surface area contributed by atoms with Crippen LogP contribution in [-0.4, -0.2) is 31.5 Å². The number of sulfone groups is 1. The van der Waals surface area contributed by atoms with Crippen molar-refractivity contribution in [1.29, 1.82) is 0 Å². The Morgan fingerprint density at radius 1 is 1.60 bits per heavy atom. The Morgan fingerprint density at radius 3 is 2.73 bits per heavy atom. The maximum absolute atomic E-state index is 11.0. The summed E-state index contributed by atoms with van der Waals surface area (Å²) in [6, 6.07) is -0.0255. The Hall–Kier alpha value is -0.460. The largest absolute Gasteiger partial charge is 0.308 e. The summed E-state index contributed by atoms with van der Waals surface area (Å²) in [6.07, 6.45) is 3.07. The van der Waals surface area contributed by atoms with Crippen LogP contribution in [0.2, 0.25) is 0 Å². The second-order valence-electron chi connectivity index (χ2n) is 3.72. The van der Waals surface area contributed by atoms with E-state index in [1.165, 1.54) is 6.26 Å². The molecular weight excluding hydrogens is 232 g/mol. The van der Waals surface area contributed by atoms with Gasteiger partial charge in [0.15, 0.2) is 0 Å². The monoisotopic (exact) mass is 248 g/mol. The molecule has 0 aliphatic rings. The van der Waals surface area contributed by atoms with Crippen molar-refractivity contribution in [1.82, 2.24) is 10.3 Å². The van der Waals surface area contributed by atoms with Crippen LogP contribution in [-0.2, 0) is 16.4 Å². The number of aromatic nitrogens is 1. The van der Waals surface area contributed by atoms with E-state index in [4.69, 9.17) is 0 Å². The molecule has 86 valence electrons. The number of nitrogens with zero attached hydrogens (tertiary/aromatic N) is 1. The molecule has 0 saturated heterocycles. The fraction of sp³-hybridized carbons (Fsp3) is 0.667. The van der Waals surface area contributed by atoms with Crippen molar-refractivity contribution in [2.24, 2.45) is 0 Å². The van der Waals surface area contributed by atoms with E-state index in [0.29, 0.717) is 6.54 Å². The van der Waals surface area contributed by atoms with Gasteiger partial charge in [-0.1, -0.05) is 0 Å². The molecule has 4 nitrogen and oxygen atoms in total. The number of rotatable bonds is 5. The Balaban J connectivity index is 2.37. The van der Waals surface area contributed by atoms with Crippen LogP contribution in [0, 0.1) is 6.92 Å². The van der Waals surface area contributed by atoms with Gasteiger partial charge in [-0.15, -0.1) is 11.3 Å². The quantitative estimate of drug-likeness (QED) is 0.843. The Morgan fingerprint density at radius 2 is 2.27 bits per heavy atom. The molecular formula is C9H16N2O2S2. The highest BCUT2D eigenvalue weighted by Gasteiger charge is 2.10. The Bertz CT molecular complexity index is 412. The van der Waals surface area contributed by atoms with Crippen molar-refractivity contribution in [3.05, 3.63) is 16.1 Å². The lowest BCUT2D eigenvalue weighted by Crippen LogP contribution is -2.31. The standard InChI is InChI=1S/C9H16N2O2S2/c1-7(6-15(3,12)13)10-4-9-5-11-8(2)14-9/h5,7,10H,4,6H2,1-3H3. The number of aryl methyl sites for hydroxylation is 1. The van der Waals surface area contributed by atoms with Crippen LogP contribution in [0.3, 0.4) is 0 Å². The highest BCUT2D eigenvalue weighted by molar-refractivity contribution is 7.90. The predicted molar refractivity (Wildman–Crippen MR) is 62.9 cm³/mol. The first kappa shape index (κ1) is 12.6. The molecule has 0 bridgehead atoms. The van der Waals surface area contributed by atoms with Gasteiger partial charge >= 0.3 is 0 Å². The summed E-state index contributed by atoms with van der Waals surface area (Å²) in [4.78, 5) is 5.26. The van der Waals surface area contributed by atoms with Crippen LogP contribution >= 0.6 is 11.3 Å². The van der Waals surface area contributed by atoms with Gasteiger partial charge in [-0.3, -0.25) is 0 Å². The van der Waals surface area contributed by atoms with E-state index in [9.17, 15) is 8.42 Å². The first-order chi connectivity index (χ1) is 6.87. The molecule has 1 aromatic rings. The van der Waals surface area contributed by atoms with E-state index >= 15 is 0 Å². The zero-order chi connectivity index (χ0) is 11.5. The van der Waals surface area contributed by atoms with E-state index in [2.05, 4.69) is 10.3 Å². The van der Waals surface area contributed by atoms with E-state index in [0.717, 1.165) is 9.88 Å². The zero-order valence-electron chi connectivity index (χ0n) is 9.15. The lowest BCUT2D eigenvalue weighted by atomic mass is 10.4. The predicted octanol–water partition coefficient (Wildman–Crippen LogP) is 0.974. The fourth-order valence-corrected chi connectivity index (χ4v) is 3.05. The molecule has 6 heteroatoms. The maximum atomic E-state index is 11.0. The molecule has 1 unspecified atom stereocenters. The molecule has 0 aromatic carbocycles. The zero-order valence-corrected chi connectivity index (χ0v) is 10.8. The van der Waals surface area contributed by atoms with Crippen molar-refractivity contribution in [2.45, 2.75) is 26.4 Å². The second-order valence-corrected chi connectivity index (χ2v) is 7.22. The topological polar surface area (TPSA) is 59.1 Å². The highest BCUT2D eigenvalue weighted by Crippen LogP contribution is 2.10.